The number of nitrogen functional groups attached to an aromatic ring is 1. The number of alkyl halides is 3. The maximum absolute atomic E-state index is 11.9. The third-order valence-corrected chi connectivity index (χ3v) is 3.15. The Hall–Kier alpha value is -1.33. The van der Waals surface area contributed by atoms with E-state index < -0.39 is 12.6 Å². The van der Waals surface area contributed by atoms with E-state index >= 15 is 0 Å². The Morgan fingerprint density at radius 3 is 1.90 bits per heavy atom. The molecule has 0 aliphatic heterocycles. The summed E-state index contributed by atoms with van der Waals surface area (Å²) in [6.07, 6.45) is 5.79. The van der Waals surface area contributed by atoms with E-state index in [1.165, 1.54) is 0 Å². The summed E-state index contributed by atoms with van der Waals surface area (Å²) in [6, 6.07) is 0. The Morgan fingerprint density at radius 2 is 1.35 bits per heavy atom. The molecular formula is C14H22F3N3. The first-order chi connectivity index (χ1) is 9.47. The van der Waals surface area contributed by atoms with Gasteiger partial charge >= 0.3 is 6.18 Å². The van der Waals surface area contributed by atoms with Crippen LogP contribution in [0.4, 0.5) is 19.1 Å². The lowest BCUT2D eigenvalue weighted by atomic mass is 10.1. The first-order valence-electron chi connectivity index (χ1n) is 7.10. The molecule has 0 spiro atoms. The van der Waals surface area contributed by atoms with E-state index in [2.05, 4.69) is 9.97 Å². The molecule has 0 saturated heterocycles. The average Bonchev–Trinajstić information content (AvgIpc) is 2.37. The number of rotatable bonds is 9. The third-order valence-electron chi connectivity index (χ3n) is 3.15. The van der Waals surface area contributed by atoms with E-state index in [0.717, 1.165) is 44.1 Å². The highest BCUT2D eigenvalue weighted by molar-refractivity contribution is 5.17. The van der Waals surface area contributed by atoms with E-state index in [1.807, 2.05) is 0 Å². The van der Waals surface area contributed by atoms with Gasteiger partial charge in [-0.25, -0.2) is 9.97 Å². The van der Waals surface area contributed by atoms with Crippen molar-refractivity contribution in [1.82, 2.24) is 9.97 Å². The van der Waals surface area contributed by atoms with Crippen molar-refractivity contribution in [2.75, 3.05) is 5.73 Å². The Bertz CT molecular complexity index is 363. The fraction of sp³-hybridized carbons (Fsp3) is 0.714. The number of hydrogen-bond donors (Lipinski definition) is 1. The van der Waals surface area contributed by atoms with Crippen molar-refractivity contribution < 1.29 is 13.2 Å². The van der Waals surface area contributed by atoms with Crippen LogP contribution in [0.25, 0.3) is 0 Å². The smallest absolute Gasteiger partial charge is 0.368 e. The molecule has 0 aromatic carbocycles. The van der Waals surface area contributed by atoms with Crippen LogP contribution in [0.1, 0.15) is 56.9 Å². The molecule has 0 atom stereocenters. The summed E-state index contributed by atoms with van der Waals surface area (Å²) in [5.74, 6) is 0.285. The van der Waals surface area contributed by atoms with Gasteiger partial charge in [0.25, 0.3) is 0 Å². The van der Waals surface area contributed by atoms with Crippen LogP contribution in [0.15, 0.2) is 12.4 Å². The summed E-state index contributed by atoms with van der Waals surface area (Å²) in [5, 5.41) is 0. The topological polar surface area (TPSA) is 51.8 Å². The second-order valence-electron chi connectivity index (χ2n) is 5.04. The molecular weight excluding hydrogens is 267 g/mol. The molecule has 1 aromatic rings. The molecule has 1 aromatic heterocycles. The number of halogens is 3. The quantitative estimate of drug-likeness (QED) is 0.690. The molecule has 1 heterocycles. The molecule has 3 nitrogen and oxygen atoms in total. The van der Waals surface area contributed by atoms with E-state index in [0.29, 0.717) is 6.42 Å². The van der Waals surface area contributed by atoms with Crippen LogP contribution < -0.4 is 5.73 Å². The Balaban J connectivity index is 1.91. The van der Waals surface area contributed by atoms with Crippen molar-refractivity contribution in [3.63, 3.8) is 0 Å². The highest BCUT2D eigenvalue weighted by Crippen LogP contribution is 2.23. The predicted octanol–water partition coefficient (Wildman–Crippen LogP) is 4.28. The fourth-order valence-corrected chi connectivity index (χ4v) is 2.03. The van der Waals surface area contributed by atoms with Crippen LogP contribution in [0.2, 0.25) is 0 Å². The van der Waals surface area contributed by atoms with E-state index in [4.69, 9.17) is 5.73 Å². The molecule has 6 heteroatoms. The van der Waals surface area contributed by atoms with Gasteiger partial charge in [-0.1, -0.05) is 32.1 Å². The zero-order chi connectivity index (χ0) is 14.8. The summed E-state index contributed by atoms with van der Waals surface area (Å²) in [6.45, 7) is 0. The average molecular weight is 289 g/mol. The molecule has 0 amide bonds. The van der Waals surface area contributed by atoms with Gasteiger partial charge in [0.2, 0.25) is 5.95 Å². The number of anilines is 1. The van der Waals surface area contributed by atoms with Crippen molar-refractivity contribution in [3.05, 3.63) is 18.0 Å². The Labute approximate surface area is 117 Å². The summed E-state index contributed by atoms with van der Waals surface area (Å²) < 4.78 is 35.7. The standard InChI is InChI=1S/C14H22F3N3/c15-14(16,17)9-7-5-3-1-2-4-6-8-12-10-19-13(18)20-11-12/h10-11H,1-9H2,(H2,18,19,20). The molecule has 0 radical (unpaired) electrons. The number of aryl methyl sites for hydroxylation is 1. The van der Waals surface area contributed by atoms with Gasteiger partial charge in [0.1, 0.15) is 0 Å². The van der Waals surface area contributed by atoms with Crippen LogP contribution in [-0.2, 0) is 6.42 Å². The van der Waals surface area contributed by atoms with Crippen LogP contribution in [0.5, 0.6) is 0 Å². The summed E-state index contributed by atoms with van der Waals surface area (Å²) in [5.41, 5.74) is 6.47. The minimum absolute atomic E-state index is 0.256. The zero-order valence-corrected chi connectivity index (χ0v) is 11.6. The SMILES string of the molecule is Nc1ncc(CCCCCCCCCC(F)(F)F)cn1. The summed E-state index contributed by atoms with van der Waals surface area (Å²) in [4.78, 5) is 7.84. The molecule has 0 aliphatic carbocycles. The lowest BCUT2D eigenvalue weighted by Gasteiger charge is -2.05. The van der Waals surface area contributed by atoms with Gasteiger partial charge in [-0.05, 0) is 24.8 Å². The molecule has 20 heavy (non-hydrogen) atoms. The van der Waals surface area contributed by atoms with Crippen molar-refractivity contribution in [1.29, 1.82) is 0 Å². The maximum Gasteiger partial charge on any atom is 0.389 e. The summed E-state index contributed by atoms with van der Waals surface area (Å²) in [7, 11) is 0. The van der Waals surface area contributed by atoms with Gasteiger partial charge in [-0.3, -0.25) is 0 Å². The highest BCUT2D eigenvalue weighted by atomic mass is 19.4. The van der Waals surface area contributed by atoms with E-state index in [-0.39, 0.29) is 12.4 Å². The van der Waals surface area contributed by atoms with Crippen LogP contribution in [0, 0.1) is 0 Å². The third kappa shape index (κ3) is 8.72. The van der Waals surface area contributed by atoms with Gasteiger partial charge in [0.05, 0.1) is 0 Å². The van der Waals surface area contributed by atoms with Crippen molar-refractivity contribution >= 4 is 5.95 Å². The summed E-state index contributed by atoms with van der Waals surface area (Å²) >= 11 is 0. The molecule has 0 bridgehead atoms. The maximum atomic E-state index is 11.9. The largest absolute Gasteiger partial charge is 0.389 e. The first-order valence-corrected chi connectivity index (χ1v) is 7.10. The lowest BCUT2D eigenvalue weighted by molar-refractivity contribution is -0.135. The van der Waals surface area contributed by atoms with Crippen molar-refractivity contribution in [2.24, 2.45) is 0 Å². The Morgan fingerprint density at radius 1 is 0.850 bits per heavy atom. The number of nitrogens with two attached hydrogens (primary N) is 1. The molecule has 2 N–H and O–H groups in total. The molecule has 0 unspecified atom stereocenters. The van der Waals surface area contributed by atoms with Gasteiger partial charge in [0.15, 0.2) is 0 Å². The number of unbranched alkanes of at least 4 members (excludes halogenated alkanes) is 6. The molecule has 0 saturated carbocycles. The second-order valence-corrected chi connectivity index (χ2v) is 5.04. The van der Waals surface area contributed by atoms with E-state index in [1.54, 1.807) is 12.4 Å². The second kappa shape index (κ2) is 8.76. The number of hydrogen-bond acceptors (Lipinski definition) is 3. The molecule has 114 valence electrons. The van der Waals surface area contributed by atoms with Crippen LogP contribution in [0.3, 0.4) is 0 Å². The predicted molar refractivity (Wildman–Crippen MR) is 73.1 cm³/mol. The van der Waals surface area contributed by atoms with Crippen molar-refractivity contribution in [2.45, 2.75) is 64.0 Å². The first kappa shape index (κ1) is 16.7. The monoisotopic (exact) mass is 289 g/mol. The highest BCUT2D eigenvalue weighted by Gasteiger charge is 2.25. The van der Waals surface area contributed by atoms with Gasteiger partial charge < -0.3 is 5.73 Å². The molecule has 0 aliphatic rings. The van der Waals surface area contributed by atoms with Gasteiger partial charge in [-0.2, -0.15) is 13.2 Å². The van der Waals surface area contributed by atoms with Gasteiger partial charge in [-0.15, -0.1) is 0 Å². The van der Waals surface area contributed by atoms with Crippen LogP contribution >= 0.6 is 0 Å². The number of nitrogens with zero attached hydrogens (tertiary/aromatic N) is 2. The normalized spacial score (nSPS) is 11.8. The van der Waals surface area contributed by atoms with Gasteiger partial charge in [0, 0.05) is 18.8 Å². The molecule has 0 fully saturated rings. The fourth-order valence-electron chi connectivity index (χ4n) is 2.03. The molecule has 1 rings (SSSR count). The minimum atomic E-state index is -4.00. The Kier molecular flexibility index (Phi) is 7.33. The van der Waals surface area contributed by atoms with Crippen LogP contribution in [-0.4, -0.2) is 16.1 Å². The minimum Gasteiger partial charge on any atom is -0.368 e. The van der Waals surface area contributed by atoms with E-state index in [9.17, 15) is 13.2 Å². The zero-order valence-electron chi connectivity index (χ0n) is 11.6. The van der Waals surface area contributed by atoms with Crippen molar-refractivity contribution in [3.8, 4) is 0 Å². The lowest BCUT2D eigenvalue weighted by Crippen LogP contribution is -2.06. The number of aromatic nitrogens is 2.